The number of amides is 1. The van der Waals surface area contributed by atoms with Gasteiger partial charge in [-0.2, -0.15) is 0 Å². The summed E-state index contributed by atoms with van der Waals surface area (Å²) >= 11 is 3.27. The van der Waals surface area contributed by atoms with Crippen molar-refractivity contribution in [3.8, 4) is 0 Å². The number of carbonyl (C=O) groups is 2. The molecule has 0 unspecified atom stereocenters. The minimum absolute atomic E-state index is 0.134. The third-order valence-electron chi connectivity index (χ3n) is 6.66. The number of rotatable bonds is 5. The summed E-state index contributed by atoms with van der Waals surface area (Å²) in [5.74, 6) is 1.80. The molecule has 1 N–H and O–H groups in total. The molecule has 0 saturated heterocycles. The Balaban J connectivity index is 1.31. The number of carbonyl (C=O) groups excluding carboxylic acids is 2. The smallest absolute Gasteiger partial charge is 0.340 e. The summed E-state index contributed by atoms with van der Waals surface area (Å²) in [6.45, 7) is 1.88. The number of hydrogen-bond donors (Lipinski definition) is 1. The van der Waals surface area contributed by atoms with Gasteiger partial charge in [-0.15, -0.1) is 0 Å². The molecule has 5 nitrogen and oxygen atoms in total. The molecule has 0 spiro atoms. The molecule has 4 fully saturated rings. The molecular formula is C20H25BrN2O3. The molecule has 4 saturated carbocycles. The van der Waals surface area contributed by atoms with Crippen LogP contribution in [0.15, 0.2) is 22.9 Å². The Bertz CT molecular complexity index is 685. The topological polar surface area (TPSA) is 68.3 Å². The summed E-state index contributed by atoms with van der Waals surface area (Å²) in [6.07, 6.45) is 10.9. The van der Waals surface area contributed by atoms with Gasteiger partial charge in [-0.1, -0.05) is 0 Å². The lowest BCUT2D eigenvalue weighted by molar-refractivity contribution is -0.128. The molecule has 6 heteroatoms. The second kappa shape index (κ2) is 6.95. The van der Waals surface area contributed by atoms with E-state index in [-0.39, 0.29) is 24.0 Å². The number of halogens is 1. The van der Waals surface area contributed by atoms with E-state index in [1.165, 1.54) is 44.7 Å². The number of nitrogens with one attached hydrogen (secondary N) is 1. The molecule has 0 aliphatic heterocycles. The highest BCUT2D eigenvalue weighted by Gasteiger charge is 2.53. The van der Waals surface area contributed by atoms with Gasteiger partial charge in [-0.3, -0.25) is 9.78 Å². The van der Waals surface area contributed by atoms with Crippen LogP contribution in [-0.2, 0) is 9.53 Å². The molecule has 1 aromatic heterocycles. The first-order valence-electron chi connectivity index (χ1n) is 9.50. The van der Waals surface area contributed by atoms with E-state index < -0.39 is 5.97 Å². The van der Waals surface area contributed by atoms with E-state index in [2.05, 4.69) is 33.2 Å². The van der Waals surface area contributed by atoms with Gasteiger partial charge in [0.15, 0.2) is 6.61 Å². The van der Waals surface area contributed by atoms with Crippen molar-refractivity contribution in [3.63, 3.8) is 0 Å². The average Bonchev–Trinajstić information content (AvgIpc) is 2.58. The molecule has 26 heavy (non-hydrogen) atoms. The van der Waals surface area contributed by atoms with Crippen molar-refractivity contribution in [2.24, 2.45) is 23.2 Å². The summed E-state index contributed by atoms with van der Waals surface area (Å²) in [5.41, 5.74) is 0.587. The number of esters is 1. The largest absolute Gasteiger partial charge is 0.452 e. The van der Waals surface area contributed by atoms with Crippen LogP contribution in [0.5, 0.6) is 0 Å². The van der Waals surface area contributed by atoms with Gasteiger partial charge in [0.05, 0.1) is 5.56 Å². The van der Waals surface area contributed by atoms with Crippen molar-refractivity contribution in [3.05, 3.63) is 28.5 Å². The minimum Gasteiger partial charge on any atom is -0.452 e. The Hall–Kier alpha value is -1.43. The van der Waals surface area contributed by atoms with Crippen LogP contribution < -0.4 is 5.32 Å². The molecule has 1 atom stereocenters. The first kappa shape index (κ1) is 18.0. The summed E-state index contributed by atoms with van der Waals surface area (Å²) in [6, 6.07) is 1.76. The zero-order valence-corrected chi connectivity index (χ0v) is 16.6. The van der Waals surface area contributed by atoms with Gasteiger partial charge in [-0.05, 0) is 90.6 Å². The van der Waals surface area contributed by atoms with Crippen LogP contribution in [0, 0.1) is 23.2 Å². The highest BCUT2D eigenvalue weighted by Crippen LogP contribution is 2.61. The molecule has 1 amide bonds. The van der Waals surface area contributed by atoms with Crippen LogP contribution in [0.3, 0.4) is 0 Å². The maximum Gasteiger partial charge on any atom is 0.340 e. The summed E-state index contributed by atoms with van der Waals surface area (Å²) in [5, 5.41) is 3.11. The van der Waals surface area contributed by atoms with Gasteiger partial charge in [0.2, 0.25) is 0 Å². The third-order valence-corrected chi connectivity index (χ3v) is 7.09. The van der Waals surface area contributed by atoms with Crippen molar-refractivity contribution in [2.75, 3.05) is 6.61 Å². The normalized spacial score (nSPS) is 32.9. The van der Waals surface area contributed by atoms with Crippen LogP contribution in [0.25, 0.3) is 0 Å². The molecule has 4 aliphatic rings. The highest BCUT2D eigenvalue weighted by atomic mass is 79.9. The number of nitrogens with zero attached hydrogens (tertiary/aromatic N) is 1. The van der Waals surface area contributed by atoms with Gasteiger partial charge in [-0.25, -0.2) is 4.79 Å². The molecule has 4 aliphatic carbocycles. The van der Waals surface area contributed by atoms with Crippen LogP contribution in [0.1, 0.15) is 55.8 Å². The second-order valence-electron chi connectivity index (χ2n) is 8.54. The Morgan fingerprint density at radius 3 is 2.42 bits per heavy atom. The molecular weight excluding hydrogens is 396 g/mol. The zero-order valence-electron chi connectivity index (χ0n) is 15.0. The second-order valence-corrected chi connectivity index (χ2v) is 9.45. The number of pyridine rings is 1. The Morgan fingerprint density at radius 1 is 1.23 bits per heavy atom. The lowest BCUT2D eigenvalue weighted by Crippen LogP contribution is -2.56. The molecule has 140 valence electrons. The van der Waals surface area contributed by atoms with E-state index in [0.717, 1.165) is 17.8 Å². The first-order valence-corrected chi connectivity index (χ1v) is 10.3. The van der Waals surface area contributed by atoms with Crippen molar-refractivity contribution in [2.45, 2.75) is 51.5 Å². The number of aromatic nitrogens is 1. The zero-order chi connectivity index (χ0) is 18.3. The van der Waals surface area contributed by atoms with Gasteiger partial charge in [0, 0.05) is 22.9 Å². The molecule has 4 bridgehead atoms. The monoisotopic (exact) mass is 420 g/mol. The summed E-state index contributed by atoms with van der Waals surface area (Å²) < 4.78 is 5.85. The fourth-order valence-electron chi connectivity index (χ4n) is 5.88. The van der Waals surface area contributed by atoms with Gasteiger partial charge in [0.25, 0.3) is 5.91 Å². The number of ether oxygens (including phenoxy) is 1. The van der Waals surface area contributed by atoms with E-state index in [1.807, 2.05) is 0 Å². The SMILES string of the molecule is C[C@H](NC(=O)COC(=O)c1cncc(Br)c1)C12CC3CC(CC(C3)C1)C2. The lowest BCUT2D eigenvalue weighted by atomic mass is 9.48. The molecule has 0 radical (unpaired) electrons. The first-order chi connectivity index (χ1) is 12.4. The predicted molar refractivity (Wildman–Crippen MR) is 100 cm³/mol. The van der Waals surface area contributed by atoms with E-state index >= 15 is 0 Å². The summed E-state index contributed by atoms with van der Waals surface area (Å²) in [7, 11) is 0. The van der Waals surface area contributed by atoms with Crippen molar-refractivity contribution in [1.29, 1.82) is 0 Å². The molecule has 5 rings (SSSR count). The third kappa shape index (κ3) is 3.53. The van der Waals surface area contributed by atoms with Gasteiger partial charge < -0.3 is 10.1 Å². The Morgan fingerprint density at radius 2 is 1.85 bits per heavy atom. The highest BCUT2D eigenvalue weighted by molar-refractivity contribution is 9.10. The predicted octanol–water partition coefficient (Wildman–Crippen LogP) is 3.72. The Labute approximate surface area is 162 Å². The fourth-order valence-corrected chi connectivity index (χ4v) is 6.25. The average molecular weight is 421 g/mol. The summed E-state index contributed by atoms with van der Waals surface area (Å²) in [4.78, 5) is 28.3. The van der Waals surface area contributed by atoms with Crippen LogP contribution in [0.2, 0.25) is 0 Å². The van der Waals surface area contributed by atoms with E-state index in [4.69, 9.17) is 4.74 Å². The molecule has 0 aromatic carbocycles. The van der Waals surface area contributed by atoms with Crippen LogP contribution >= 0.6 is 15.9 Å². The standard InChI is InChI=1S/C20H25BrN2O3/c1-12(20-6-13-2-14(7-20)4-15(3-13)8-20)23-18(24)11-26-19(25)16-5-17(21)10-22-9-16/h5,9-10,12-15H,2-4,6-8,11H2,1H3,(H,23,24)/t12-,13?,14?,15?,20?/m0/s1. The fraction of sp³-hybridized carbons (Fsp3) is 0.650. The van der Waals surface area contributed by atoms with Gasteiger partial charge >= 0.3 is 5.97 Å². The van der Waals surface area contributed by atoms with Crippen molar-refractivity contribution < 1.29 is 14.3 Å². The van der Waals surface area contributed by atoms with E-state index in [1.54, 1.807) is 12.3 Å². The van der Waals surface area contributed by atoms with Crippen LogP contribution in [-0.4, -0.2) is 29.5 Å². The van der Waals surface area contributed by atoms with Gasteiger partial charge in [0.1, 0.15) is 0 Å². The molecule has 1 aromatic rings. The maximum absolute atomic E-state index is 12.3. The quantitative estimate of drug-likeness (QED) is 0.736. The van der Waals surface area contributed by atoms with E-state index in [0.29, 0.717) is 10.0 Å². The number of hydrogen-bond acceptors (Lipinski definition) is 4. The van der Waals surface area contributed by atoms with Crippen molar-refractivity contribution >= 4 is 27.8 Å². The van der Waals surface area contributed by atoms with Crippen LogP contribution in [0.4, 0.5) is 0 Å². The maximum atomic E-state index is 12.3. The lowest BCUT2D eigenvalue weighted by Gasteiger charge is -2.59. The Kier molecular flexibility index (Phi) is 4.80. The molecule has 1 heterocycles. The van der Waals surface area contributed by atoms with E-state index in [9.17, 15) is 9.59 Å². The minimum atomic E-state index is -0.531. The van der Waals surface area contributed by atoms with Crippen molar-refractivity contribution in [1.82, 2.24) is 10.3 Å².